The van der Waals surface area contributed by atoms with Gasteiger partial charge >= 0.3 is 0 Å². The van der Waals surface area contributed by atoms with Crippen LogP contribution in [0, 0.1) is 0 Å². The van der Waals surface area contributed by atoms with Crippen LogP contribution in [0.25, 0.3) is 11.0 Å². The Morgan fingerprint density at radius 3 is 2.80 bits per heavy atom. The maximum absolute atomic E-state index is 10.0. The van der Waals surface area contributed by atoms with E-state index >= 15 is 0 Å². The van der Waals surface area contributed by atoms with E-state index in [0.717, 1.165) is 0 Å². The molecule has 1 fully saturated rings. The summed E-state index contributed by atoms with van der Waals surface area (Å²) < 4.78 is 7.06. The number of aliphatic hydroxyl groups is 3. The molecule has 9 heteroatoms. The van der Waals surface area contributed by atoms with Crippen molar-refractivity contribution in [2.45, 2.75) is 24.4 Å². The second kappa shape index (κ2) is 4.63. The van der Waals surface area contributed by atoms with Gasteiger partial charge in [0.15, 0.2) is 11.0 Å². The summed E-state index contributed by atoms with van der Waals surface area (Å²) in [5, 5.41) is 35.7. The van der Waals surface area contributed by atoms with Gasteiger partial charge < -0.3 is 25.8 Å². The summed E-state index contributed by atoms with van der Waals surface area (Å²) in [7, 11) is 1.74. The highest BCUT2D eigenvalue weighted by molar-refractivity contribution is 5.84. The zero-order chi connectivity index (χ0) is 14.4. The fraction of sp³-hybridized carbons (Fsp3) is 0.545. The van der Waals surface area contributed by atoms with Crippen LogP contribution in [0.4, 0.5) is 5.82 Å². The number of nitrogens with two attached hydrogens (primary N) is 1. The molecule has 2 aromatic heterocycles. The van der Waals surface area contributed by atoms with Crippen molar-refractivity contribution in [1.29, 1.82) is 0 Å². The first-order chi connectivity index (χ1) is 9.54. The first-order valence-electron chi connectivity index (χ1n) is 6.15. The van der Waals surface area contributed by atoms with Crippen LogP contribution in [0.3, 0.4) is 0 Å². The first-order valence-corrected chi connectivity index (χ1v) is 6.15. The Kier molecular flexibility index (Phi) is 3.05. The third-order valence-corrected chi connectivity index (χ3v) is 3.58. The predicted molar refractivity (Wildman–Crippen MR) is 66.2 cm³/mol. The van der Waals surface area contributed by atoms with Crippen LogP contribution in [0.2, 0.25) is 0 Å². The Labute approximate surface area is 113 Å². The average molecular weight is 282 g/mol. The number of H-pyrrole nitrogens is 1. The van der Waals surface area contributed by atoms with Crippen molar-refractivity contribution in [2.24, 2.45) is 7.05 Å². The van der Waals surface area contributed by atoms with Crippen LogP contribution in [-0.4, -0.2) is 55.4 Å². The maximum Gasteiger partial charge on any atom is 0.250 e. The lowest BCUT2D eigenvalue weighted by Crippen LogP contribution is -2.33. The Hall–Kier alpha value is -1.81. The van der Waals surface area contributed by atoms with Crippen molar-refractivity contribution in [3.05, 3.63) is 12.0 Å². The van der Waals surface area contributed by atoms with Crippen LogP contribution in [-0.2, 0) is 11.8 Å². The third kappa shape index (κ3) is 1.75. The van der Waals surface area contributed by atoms with E-state index in [9.17, 15) is 10.2 Å². The summed E-state index contributed by atoms with van der Waals surface area (Å²) in [5.74, 6) is 0.421. The fourth-order valence-corrected chi connectivity index (χ4v) is 2.37. The molecule has 4 atom stereocenters. The first kappa shape index (κ1) is 13.2. The lowest BCUT2D eigenvalue weighted by molar-refractivity contribution is -0.658. The summed E-state index contributed by atoms with van der Waals surface area (Å²) in [6, 6.07) is 0. The molecule has 4 unspecified atom stereocenters. The zero-order valence-electron chi connectivity index (χ0n) is 10.8. The van der Waals surface area contributed by atoms with Gasteiger partial charge in [0.25, 0.3) is 5.82 Å². The normalized spacial score (nSPS) is 30.2. The van der Waals surface area contributed by atoms with Gasteiger partial charge in [-0.25, -0.2) is 4.57 Å². The van der Waals surface area contributed by atoms with E-state index in [0.29, 0.717) is 22.5 Å². The SMILES string of the molecule is C[n+]1cnc2c(C3OC(CO)C(O)C3O)[nH]nc2c1N. The van der Waals surface area contributed by atoms with Crippen molar-refractivity contribution in [2.75, 3.05) is 12.3 Å². The van der Waals surface area contributed by atoms with Gasteiger partial charge in [0.1, 0.15) is 30.1 Å². The molecule has 0 amide bonds. The molecule has 3 rings (SSSR count). The van der Waals surface area contributed by atoms with E-state index < -0.39 is 24.4 Å². The lowest BCUT2D eigenvalue weighted by Gasteiger charge is -2.11. The number of nitrogen functional groups attached to an aromatic ring is 1. The number of anilines is 1. The molecular weight excluding hydrogens is 266 g/mol. The quantitative estimate of drug-likeness (QED) is 0.384. The van der Waals surface area contributed by atoms with E-state index in [1.54, 1.807) is 11.6 Å². The molecule has 1 aliphatic heterocycles. The van der Waals surface area contributed by atoms with Gasteiger partial charge in [-0.15, -0.1) is 4.98 Å². The number of aromatic nitrogens is 4. The van der Waals surface area contributed by atoms with Gasteiger partial charge in [0.05, 0.1) is 13.7 Å². The Balaban J connectivity index is 2.05. The molecule has 0 saturated carbocycles. The maximum atomic E-state index is 10.0. The van der Waals surface area contributed by atoms with E-state index in [2.05, 4.69) is 15.2 Å². The van der Waals surface area contributed by atoms with Crippen molar-refractivity contribution in [3.63, 3.8) is 0 Å². The van der Waals surface area contributed by atoms with Crippen LogP contribution in [0.15, 0.2) is 6.33 Å². The van der Waals surface area contributed by atoms with E-state index in [4.69, 9.17) is 15.6 Å². The molecule has 6 N–H and O–H groups in total. The number of nitrogens with zero attached hydrogens (tertiary/aromatic N) is 3. The number of hydrogen-bond acceptors (Lipinski definition) is 7. The van der Waals surface area contributed by atoms with Gasteiger partial charge in [0, 0.05) is 0 Å². The summed E-state index contributed by atoms with van der Waals surface area (Å²) in [6.07, 6.45) is -2.50. The molecule has 3 heterocycles. The van der Waals surface area contributed by atoms with E-state index in [1.165, 1.54) is 6.33 Å². The molecule has 0 bridgehead atoms. The minimum Gasteiger partial charge on any atom is -0.394 e. The smallest absolute Gasteiger partial charge is 0.250 e. The van der Waals surface area contributed by atoms with Crippen molar-refractivity contribution < 1.29 is 24.6 Å². The second-order valence-electron chi connectivity index (χ2n) is 4.83. The molecule has 108 valence electrons. The van der Waals surface area contributed by atoms with Crippen LogP contribution >= 0.6 is 0 Å². The van der Waals surface area contributed by atoms with Gasteiger partial charge in [-0.1, -0.05) is 0 Å². The average Bonchev–Trinajstić information content (AvgIpc) is 2.98. The van der Waals surface area contributed by atoms with Crippen molar-refractivity contribution in [3.8, 4) is 0 Å². The third-order valence-electron chi connectivity index (χ3n) is 3.58. The number of fused-ring (bicyclic) bond motifs is 1. The Bertz CT molecular complexity index is 645. The summed E-state index contributed by atoms with van der Waals surface area (Å²) in [6.45, 7) is -0.384. The largest absolute Gasteiger partial charge is 0.394 e. The number of rotatable bonds is 2. The number of aliphatic hydroxyl groups excluding tert-OH is 3. The van der Waals surface area contributed by atoms with Gasteiger partial charge in [0.2, 0.25) is 6.33 Å². The molecule has 1 saturated heterocycles. The fourth-order valence-electron chi connectivity index (χ4n) is 2.37. The van der Waals surface area contributed by atoms with Crippen molar-refractivity contribution in [1.82, 2.24) is 15.2 Å². The molecule has 2 aromatic rings. The molecular formula is C11H16N5O4+. The standard InChI is InChI=1S/C11H15N5O4/c1-16-3-13-5-6(14-15-7(5)11(16)12)10-9(19)8(18)4(2-17)20-10/h3-4,8-10,17-19H,2H2,1H3,(H2,12,14,15)/p+1. The van der Waals surface area contributed by atoms with Gasteiger partial charge in [-0.3, -0.25) is 5.10 Å². The Morgan fingerprint density at radius 1 is 1.40 bits per heavy atom. The van der Waals surface area contributed by atoms with Gasteiger partial charge in [-0.05, 0) is 0 Å². The number of aromatic amines is 1. The predicted octanol–water partition coefficient (Wildman–Crippen LogP) is -2.48. The molecule has 0 aliphatic carbocycles. The van der Waals surface area contributed by atoms with Crippen LogP contribution in [0.1, 0.15) is 11.8 Å². The lowest BCUT2D eigenvalue weighted by atomic mass is 10.1. The summed E-state index contributed by atoms with van der Waals surface area (Å²) in [4.78, 5) is 4.21. The number of hydrogen-bond donors (Lipinski definition) is 5. The second-order valence-corrected chi connectivity index (χ2v) is 4.83. The highest BCUT2D eigenvalue weighted by atomic mass is 16.6. The molecule has 9 nitrogen and oxygen atoms in total. The molecule has 0 spiro atoms. The Morgan fingerprint density at radius 2 is 2.15 bits per heavy atom. The number of nitrogens with one attached hydrogen (secondary N) is 1. The van der Waals surface area contributed by atoms with E-state index in [1.807, 2.05) is 0 Å². The minimum absolute atomic E-state index is 0.384. The van der Waals surface area contributed by atoms with Crippen LogP contribution in [0.5, 0.6) is 0 Å². The topological polar surface area (TPSA) is 141 Å². The highest BCUT2D eigenvalue weighted by Crippen LogP contribution is 2.35. The van der Waals surface area contributed by atoms with E-state index in [-0.39, 0.29) is 6.61 Å². The monoisotopic (exact) mass is 282 g/mol. The highest BCUT2D eigenvalue weighted by Gasteiger charge is 2.45. The van der Waals surface area contributed by atoms with Crippen LogP contribution < -0.4 is 10.3 Å². The molecule has 1 aliphatic rings. The zero-order valence-corrected chi connectivity index (χ0v) is 10.8. The molecule has 20 heavy (non-hydrogen) atoms. The number of ether oxygens (including phenoxy) is 1. The van der Waals surface area contributed by atoms with Gasteiger partial charge in [-0.2, -0.15) is 5.10 Å². The summed E-state index contributed by atoms with van der Waals surface area (Å²) in [5.41, 5.74) is 7.25. The molecule has 0 radical (unpaired) electrons. The summed E-state index contributed by atoms with van der Waals surface area (Å²) >= 11 is 0. The minimum atomic E-state index is -1.17. The van der Waals surface area contributed by atoms with Crippen molar-refractivity contribution >= 4 is 16.9 Å². The molecule has 0 aromatic carbocycles. The number of aryl methyl sites for hydroxylation is 1.